The topological polar surface area (TPSA) is 66.4 Å². The predicted octanol–water partition coefficient (Wildman–Crippen LogP) is 2.68. The number of benzene rings is 1. The summed E-state index contributed by atoms with van der Waals surface area (Å²) in [4.78, 5) is 22.9. The summed E-state index contributed by atoms with van der Waals surface area (Å²) in [5.74, 6) is -3.73. The van der Waals surface area contributed by atoms with Crippen LogP contribution in [0.4, 0.5) is 8.78 Å². The van der Waals surface area contributed by atoms with Crippen molar-refractivity contribution >= 4 is 11.9 Å². The molecule has 1 aromatic rings. The van der Waals surface area contributed by atoms with Crippen molar-refractivity contribution in [1.29, 1.82) is 0 Å². The third-order valence-electron chi connectivity index (χ3n) is 3.23. The highest BCUT2D eigenvalue weighted by atomic mass is 19.1. The van der Waals surface area contributed by atoms with Crippen molar-refractivity contribution in [2.45, 2.75) is 39.2 Å². The van der Waals surface area contributed by atoms with Gasteiger partial charge in [0.25, 0.3) is 0 Å². The molecule has 0 aliphatic heterocycles. The second-order valence-electron chi connectivity index (χ2n) is 5.40. The fourth-order valence-electron chi connectivity index (χ4n) is 2.04. The molecule has 1 rings (SSSR count). The van der Waals surface area contributed by atoms with Crippen LogP contribution >= 0.6 is 0 Å². The first-order valence-electron chi connectivity index (χ1n) is 6.69. The monoisotopic (exact) mass is 299 g/mol. The first kappa shape index (κ1) is 17.1. The van der Waals surface area contributed by atoms with Gasteiger partial charge in [0, 0.05) is 12.5 Å². The maximum absolute atomic E-state index is 13.6. The summed E-state index contributed by atoms with van der Waals surface area (Å²) in [6.07, 6.45) is -0.0704. The molecule has 0 aliphatic carbocycles. The van der Waals surface area contributed by atoms with Crippen molar-refractivity contribution < 1.29 is 23.5 Å². The van der Waals surface area contributed by atoms with Crippen LogP contribution in [0.5, 0.6) is 0 Å². The summed E-state index contributed by atoms with van der Waals surface area (Å²) in [5, 5.41) is 11.4. The Labute approximate surface area is 122 Å². The van der Waals surface area contributed by atoms with Gasteiger partial charge in [-0.2, -0.15) is 0 Å². The molecule has 4 nitrogen and oxygen atoms in total. The van der Waals surface area contributed by atoms with Crippen LogP contribution in [-0.4, -0.2) is 23.0 Å². The number of nitrogens with one attached hydrogen (secondary N) is 1. The summed E-state index contributed by atoms with van der Waals surface area (Å²) in [6.45, 7) is 4.99. The number of carboxylic acid groups (broad SMARTS) is 1. The van der Waals surface area contributed by atoms with E-state index in [1.807, 2.05) is 0 Å². The summed E-state index contributed by atoms with van der Waals surface area (Å²) < 4.78 is 26.4. The quantitative estimate of drug-likeness (QED) is 0.848. The van der Waals surface area contributed by atoms with Crippen molar-refractivity contribution in [2.75, 3.05) is 0 Å². The van der Waals surface area contributed by atoms with Crippen LogP contribution < -0.4 is 5.32 Å². The zero-order valence-corrected chi connectivity index (χ0v) is 12.2. The van der Waals surface area contributed by atoms with Crippen LogP contribution in [0.25, 0.3) is 0 Å². The molecule has 0 aliphatic rings. The molecule has 0 radical (unpaired) electrons. The largest absolute Gasteiger partial charge is 0.480 e. The highest BCUT2D eigenvalue weighted by molar-refractivity contribution is 5.84. The van der Waals surface area contributed by atoms with E-state index in [1.54, 1.807) is 20.8 Å². The molecule has 0 saturated carbocycles. The highest BCUT2D eigenvalue weighted by Crippen LogP contribution is 2.22. The Bertz CT molecular complexity index is 532. The number of hydrogen-bond donors (Lipinski definition) is 2. The van der Waals surface area contributed by atoms with Gasteiger partial charge < -0.3 is 10.4 Å². The van der Waals surface area contributed by atoms with Crippen LogP contribution in [0.3, 0.4) is 0 Å². The second kappa shape index (κ2) is 7.15. The van der Waals surface area contributed by atoms with Gasteiger partial charge in [0.2, 0.25) is 5.91 Å². The third-order valence-corrected chi connectivity index (χ3v) is 3.23. The standard InChI is InChI=1S/C15H19F2NO3/c1-8(2)14(15(20)21)18-13(19)6-9(3)11-5-4-10(16)7-12(11)17/h4-5,7-9,14H,6H2,1-3H3,(H,18,19)(H,20,21)/t9?,14-/m0/s1. The van der Waals surface area contributed by atoms with Gasteiger partial charge in [-0.1, -0.05) is 26.8 Å². The predicted molar refractivity (Wildman–Crippen MR) is 73.8 cm³/mol. The first-order valence-corrected chi connectivity index (χ1v) is 6.69. The molecule has 0 bridgehead atoms. The van der Waals surface area contributed by atoms with Gasteiger partial charge in [-0.05, 0) is 23.5 Å². The van der Waals surface area contributed by atoms with Gasteiger partial charge in [0.05, 0.1) is 0 Å². The van der Waals surface area contributed by atoms with E-state index in [4.69, 9.17) is 5.11 Å². The Morgan fingerprint density at radius 2 is 1.86 bits per heavy atom. The van der Waals surface area contributed by atoms with Crippen molar-refractivity contribution in [1.82, 2.24) is 5.32 Å². The third kappa shape index (κ3) is 4.81. The number of carbonyl (C=O) groups is 2. The van der Waals surface area contributed by atoms with Crippen LogP contribution in [0.15, 0.2) is 18.2 Å². The molecule has 2 atom stereocenters. The average molecular weight is 299 g/mol. The molecule has 6 heteroatoms. The molecule has 0 heterocycles. The van der Waals surface area contributed by atoms with Gasteiger partial charge in [0.15, 0.2) is 0 Å². The number of hydrogen-bond acceptors (Lipinski definition) is 2. The second-order valence-corrected chi connectivity index (χ2v) is 5.40. The molecular formula is C15H19F2NO3. The van der Waals surface area contributed by atoms with E-state index >= 15 is 0 Å². The lowest BCUT2D eigenvalue weighted by Gasteiger charge is -2.19. The van der Waals surface area contributed by atoms with Gasteiger partial charge >= 0.3 is 5.97 Å². The van der Waals surface area contributed by atoms with E-state index < -0.39 is 35.5 Å². The fraction of sp³-hybridized carbons (Fsp3) is 0.467. The Kier molecular flexibility index (Phi) is 5.81. The molecule has 0 fully saturated rings. The molecule has 2 N–H and O–H groups in total. The van der Waals surface area contributed by atoms with Gasteiger partial charge in [-0.25, -0.2) is 13.6 Å². The van der Waals surface area contributed by atoms with E-state index in [0.29, 0.717) is 0 Å². The molecular weight excluding hydrogens is 280 g/mol. The highest BCUT2D eigenvalue weighted by Gasteiger charge is 2.24. The summed E-state index contributed by atoms with van der Waals surface area (Å²) in [7, 11) is 0. The number of carbonyl (C=O) groups excluding carboxylic acids is 1. The zero-order valence-electron chi connectivity index (χ0n) is 12.2. The molecule has 116 valence electrons. The van der Waals surface area contributed by atoms with Crippen molar-refractivity contribution in [3.8, 4) is 0 Å². The van der Waals surface area contributed by atoms with Gasteiger partial charge in [-0.3, -0.25) is 4.79 Å². The minimum atomic E-state index is -1.11. The molecule has 0 spiro atoms. The molecule has 1 aromatic carbocycles. The zero-order chi connectivity index (χ0) is 16.2. The smallest absolute Gasteiger partial charge is 0.326 e. The number of halogens is 2. The number of amides is 1. The van der Waals surface area contributed by atoms with Crippen molar-refractivity contribution in [2.24, 2.45) is 5.92 Å². The van der Waals surface area contributed by atoms with E-state index in [0.717, 1.165) is 12.1 Å². The fourth-order valence-corrected chi connectivity index (χ4v) is 2.04. The van der Waals surface area contributed by atoms with Crippen molar-refractivity contribution in [3.05, 3.63) is 35.4 Å². The Morgan fingerprint density at radius 1 is 1.24 bits per heavy atom. The van der Waals surface area contributed by atoms with Crippen LogP contribution in [0.2, 0.25) is 0 Å². The SMILES string of the molecule is CC(CC(=O)N[C@H](C(=O)O)C(C)C)c1ccc(F)cc1F. The molecule has 0 saturated heterocycles. The lowest BCUT2D eigenvalue weighted by Crippen LogP contribution is -2.44. The van der Waals surface area contributed by atoms with Crippen molar-refractivity contribution in [3.63, 3.8) is 0 Å². The van der Waals surface area contributed by atoms with E-state index in [-0.39, 0.29) is 17.9 Å². The molecule has 1 unspecified atom stereocenters. The average Bonchev–Trinajstić information content (AvgIpc) is 2.34. The van der Waals surface area contributed by atoms with Crippen LogP contribution in [0, 0.1) is 17.6 Å². The first-order chi connectivity index (χ1) is 9.72. The lowest BCUT2D eigenvalue weighted by atomic mass is 9.96. The summed E-state index contributed by atoms with van der Waals surface area (Å²) in [6, 6.07) is 2.20. The number of rotatable bonds is 6. The maximum atomic E-state index is 13.6. The molecule has 21 heavy (non-hydrogen) atoms. The minimum Gasteiger partial charge on any atom is -0.480 e. The number of carboxylic acids is 1. The Balaban J connectivity index is 2.71. The Morgan fingerprint density at radius 3 is 2.33 bits per heavy atom. The summed E-state index contributed by atoms with van der Waals surface area (Å²) >= 11 is 0. The minimum absolute atomic E-state index is 0.0704. The normalized spacial score (nSPS) is 13.8. The van der Waals surface area contributed by atoms with E-state index in [2.05, 4.69) is 5.32 Å². The summed E-state index contributed by atoms with van der Waals surface area (Å²) in [5.41, 5.74) is 0.225. The maximum Gasteiger partial charge on any atom is 0.326 e. The van der Waals surface area contributed by atoms with Crippen LogP contribution in [0.1, 0.15) is 38.7 Å². The van der Waals surface area contributed by atoms with Crippen LogP contribution in [-0.2, 0) is 9.59 Å². The van der Waals surface area contributed by atoms with E-state index in [1.165, 1.54) is 6.07 Å². The lowest BCUT2D eigenvalue weighted by molar-refractivity contribution is -0.143. The molecule has 1 amide bonds. The molecule has 0 aromatic heterocycles. The Hall–Kier alpha value is -1.98. The van der Waals surface area contributed by atoms with E-state index in [9.17, 15) is 18.4 Å². The number of aliphatic carboxylic acids is 1. The van der Waals surface area contributed by atoms with Gasteiger partial charge in [-0.15, -0.1) is 0 Å². The van der Waals surface area contributed by atoms with Gasteiger partial charge in [0.1, 0.15) is 17.7 Å².